The van der Waals surface area contributed by atoms with Gasteiger partial charge in [0, 0.05) is 17.7 Å². The number of esters is 1. The first-order valence-corrected chi connectivity index (χ1v) is 11.0. The molecular formula is C25H31N3O2. The zero-order chi connectivity index (χ0) is 21.2. The fourth-order valence-corrected chi connectivity index (χ4v) is 3.57. The van der Waals surface area contributed by atoms with Crippen LogP contribution in [0.4, 0.5) is 0 Å². The molecule has 3 aromatic rings. The summed E-state index contributed by atoms with van der Waals surface area (Å²) in [6, 6.07) is 17.6. The molecule has 5 heteroatoms. The molecule has 0 atom stereocenters. The predicted octanol–water partition coefficient (Wildman–Crippen LogP) is 6.15. The van der Waals surface area contributed by atoms with E-state index in [2.05, 4.69) is 29.4 Å². The summed E-state index contributed by atoms with van der Waals surface area (Å²) in [6.45, 7) is 5.25. The highest BCUT2D eigenvalue weighted by atomic mass is 16.5. The van der Waals surface area contributed by atoms with Gasteiger partial charge in [-0.25, -0.2) is 9.48 Å². The van der Waals surface area contributed by atoms with Crippen molar-refractivity contribution < 1.29 is 9.53 Å². The van der Waals surface area contributed by atoms with E-state index in [1.54, 1.807) is 0 Å². The molecule has 158 valence electrons. The third kappa shape index (κ3) is 5.56. The Morgan fingerprint density at radius 2 is 1.57 bits per heavy atom. The van der Waals surface area contributed by atoms with Gasteiger partial charge in [0.15, 0.2) is 0 Å². The van der Waals surface area contributed by atoms with Crippen LogP contribution in [0.3, 0.4) is 0 Å². The average molecular weight is 406 g/mol. The van der Waals surface area contributed by atoms with Gasteiger partial charge in [-0.1, -0.05) is 86.7 Å². The van der Waals surface area contributed by atoms with Gasteiger partial charge in [0.1, 0.15) is 5.69 Å². The summed E-state index contributed by atoms with van der Waals surface area (Å²) in [6.07, 6.45) is 7.40. The molecule has 0 N–H and O–H groups in total. The number of ether oxygens (including phenoxy) is 1. The zero-order valence-corrected chi connectivity index (χ0v) is 18.0. The van der Waals surface area contributed by atoms with Crippen LogP contribution in [-0.2, 0) is 11.3 Å². The molecule has 0 saturated carbocycles. The van der Waals surface area contributed by atoms with Crippen LogP contribution in [0.25, 0.3) is 22.5 Å². The smallest absolute Gasteiger partial charge is 0.338 e. The quantitative estimate of drug-likeness (QED) is 0.284. The maximum atomic E-state index is 12.0. The molecule has 0 radical (unpaired) electrons. The van der Waals surface area contributed by atoms with Crippen molar-refractivity contribution in [2.75, 3.05) is 6.61 Å². The zero-order valence-electron chi connectivity index (χ0n) is 18.0. The number of unbranched alkanes of at least 4 members (excludes halogenated alkanes) is 5. The lowest BCUT2D eigenvalue weighted by atomic mass is 10.0. The van der Waals surface area contributed by atoms with Gasteiger partial charge in [0.2, 0.25) is 0 Å². The SMILES string of the molecule is CCCCCCCCn1nnc(-c2ccccc2)c1-c1ccc(C(=O)OCC)cc1. The number of carbonyl (C=O) groups is 1. The van der Waals surface area contributed by atoms with Crippen LogP contribution >= 0.6 is 0 Å². The minimum absolute atomic E-state index is 0.300. The Morgan fingerprint density at radius 3 is 2.27 bits per heavy atom. The third-order valence-electron chi connectivity index (χ3n) is 5.18. The Balaban J connectivity index is 1.84. The number of nitrogens with zero attached hydrogens (tertiary/aromatic N) is 3. The van der Waals surface area contributed by atoms with Crippen LogP contribution in [0, 0.1) is 0 Å². The molecule has 1 aromatic heterocycles. The Morgan fingerprint density at radius 1 is 0.867 bits per heavy atom. The first kappa shape index (κ1) is 21.8. The predicted molar refractivity (Wildman–Crippen MR) is 120 cm³/mol. The first-order valence-electron chi connectivity index (χ1n) is 11.0. The van der Waals surface area contributed by atoms with Crippen molar-refractivity contribution in [3.8, 4) is 22.5 Å². The first-order chi connectivity index (χ1) is 14.7. The summed E-state index contributed by atoms with van der Waals surface area (Å²) in [7, 11) is 0. The van der Waals surface area contributed by atoms with E-state index in [1.165, 1.54) is 32.1 Å². The van der Waals surface area contributed by atoms with Crippen molar-refractivity contribution in [1.29, 1.82) is 0 Å². The van der Waals surface area contributed by atoms with Crippen LogP contribution in [0.15, 0.2) is 54.6 Å². The third-order valence-corrected chi connectivity index (χ3v) is 5.18. The molecular weight excluding hydrogens is 374 g/mol. The molecule has 2 aromatic carbocycles. The number of benzene rings is 2. The van der Waals surface area contributed by atoms with E-state index >= 15 is 0 Å². The van der Waals surface area contributed by atoms with Crippen molar-refractivity contribution in [3.05, 3.63) is 60.2 Å². The number of aromatic nitrogens is 3. The van der Waals surface area contributed by atoms with Crippen LogP contribution in [-0.4, -0.2) is 27.6 Å². The van der Waals surface area contributed by atoms with E-state index in [0.29, 0.717) is 12.2 Å². The van der Waals surface area contributed by atoms with Crippen LogP contribution in [0.2, 0.25) is 0 Å². The fourth-order valence-electron chi connectivity index (χ4n) is 3.57. The second-order valence-corrected chi connectivity index (χ2v) is 7.44. The second-order valence-electron chi connectivity index (χ2n) is 7.44. The van der Waals surface area contributed by atoms with Crippen molar-refractivity contribution in [3.63, 3.8) is 0 Å². The van der Waals surface area contributed by atoms with Crippen molar-refractivity contribution >= 4 is 5.97 Å². The minimum atomic E-state index is -0.300. The topological polar surface area (TPSA) is 57.0 Å². The summed E-state index contributed by atoms with van der Waals surface area (Å²) in [5, 5.41) is 8.96. The molecule has 0 spiro atoms. The number of hydrogen-bond acceptors (Lipinski definition) is 4. The monoisotopic (exact) mass is 405 g/mol. The summed E-state index contributed by atoms with van der Waals surface area (Å²) in [5.74, 6) is -0.300. The molecule has 5 nitrogen and oxygen atoms in total. The largest absolute Gasteiger partial charge is 0.462 e. The maximum Gasteiger partial charge on any atom is 0.338 e. The molecule has 1 heterocycles. The molecule has 30 heavy (non-hydrogen) atoms. The maximum absolute atomic E-state index is 12.0. The Hall–Kier alpha value is -2.95. The van der Waals surface area contributed by atoms with Crippen molar-refractivity contribution in [1.82, 2.24) is 15.0 Å². The molecule has 0 aliphatic carbocycles. The lowest BCUT2D eigenvalue weighted by molar-refractivity contribution is 0.0526. The van der Waals surface area contributed by atoms with E-state index in [9.17, 15) is 4.79 Å². The van der Waals surface area contributed by atoms with Gasteiger partial charge in [-0.05, 0) is 25.5 Å². The van der Waals surface area contributed by atoms with E-state index in [-0.39, 0.29) is 5.97 Å². The van der Waals surface area contributed by atoms with Gasteiger partial charge in [-0.2, -0.15) is 0 Å². The molecule has 0 aliphatic rings. The molecule has 0 saturated heterocycles. The van der Waals surface area contributed by atoms with E-state index in [0.717, 1.165) is 35.5 Å². The van der Waals surface area contributed by atoms with E-state index in [1.807, 2.05) is 54.1 Å². The average Bonchev–Trinajstić information content (AvgIpc) is 3.21. The number of carbonyl (C=O) groups excluding carboxylic acids is 1. The second kappa shape index (κ2) is 11.3. The van der Waals surface area contributed by atoms with Gasteiger partial charge < -0.3 is 4.74 Å². The Kier molecular flexibility index (Phi) is 8.19. The normalized spacial score (nSPS) is 10.9. The van der Waals surface area contributed by atoms with Gasteiger partial charge in [0.05, 0.1) is 17.9 Å². The highest BCUT2D eigenvalue weighted by molar-refractivity contribution is 5.90. The standard InChI is InChI=1S/C25H31N3O2/c1-3-5-6-7-8-12-19-28-24(23(26-27-28)20-13-10-9-11-14-20)21-15-17-22(18-16-21)25(29)30-4-2/h9-11,13-18H,3-8,12,19H2,1-2H3. The fraction of sp³-hybridized carbons (Fsp3) is 0.400. The Labute approximate surface area is 179 Å². The molecule has 0 amide bonds. The summed E-state index contributed by atoms with van der Waals surface area (Å²) in [5.41, 5.74) is 4.45. The van der Waals surface area contributed by atoms with Crippen LogP contribution in [0.5, 0.6) is 0 Å². The molecule has 0 fully saturated rings. The van der Waals surface area contributed by atoms with Gasteiger partial charge >= 0.3 is 5.97 Å². The van der Waals surface area contributed by atoms with Gasteiger partial charge in [-0.15, -0.1) is 5.10 Å². The number of aryl methyl sites for hydroxylation is 1. The van der Waals surface area contributed by atoms with Crippen LogP contribution in [0.1, 0.15) is 62.7 Å². The minimum Gasteiger partial charge on any atom is -0.462 e. The van der Waals surface area contributed by atoms with Gasteiger partial charge in [0.25, 0.3) is 0 Å². The number of hydrogen-bond donors (Lipinski definition) is 0. The summed E-state index contributed by atoms with van der Waals surface area (Å²) >= 11 is 0. The molecule has 0 bridgehead atoms. The van der Waals surface area contributed by atoms with E-state index < -0.39 is 0 Å². The number of rotatable bonds is 11. The lowest BCUT2D eigenvalue weighted by Gasteiger charge is -2.10. The molecule has 0 unspecified atom stereocenters. The summed E-state index contributed by atoms with van der Waals surface area (Å²) < 4.78 is 7.10. The molecule has 3 rings (SSSR count). The highest BCUT2D eigenvalue weighted by Gasteiger charge is 2.17. The van der Waals surface area contributed by atoms with E-state index in [4.69, 9.17) is 4.74 Å². The lowest BCUT2D eigenvalue weighted by Crippen LogP contribution is -2.05. The molecule has 0 aliphatic heterocycles. The summed E-state index contributed by atoms with van der Waals surface area (Å²) in [4.78, 5) is 12.0. The van der Waals surface area contributed by atoms with Crippen molar-refractivity contribution in [2.45, 2.75) is 58.9 Å². The Bertz CT molecular complexity index is 917. The van der Waals surface area contributed by atoms with Crippen molar-refractivity contribution in [2.24, 2.45) is 0 Å². The van der Waals surface area contributed by atoms with Gasteiger partial charge in [-0.3, -0.25) is 0 Å². The van der Waals surface area contributed by atoms with Crippen LogP contribution < -0.4 is 0 Å². The highest BCUT2D eigenvalue weighted by Crippen LogP contribution is 2.30.